The summed E-state index contributed by atoms with van der Waals surface area (Å²) in [5, 5.41) is 5.16. The van der Waals surface area contributed by atoms with Crippen molar-refractivity contribution in [2.75, 3.05) is 10.6 Å². The molecular weight excluding hydrogens is 475 g/mol. The molecule has 2 aromatic carbocycles. The molecule has 4 rings (SSSR count). The topological polar surface area (TPSA) is 98.0 Å². The van der Waals surface area contributed by atoms with Crippen molar-refractivity contribution in [1.29, 1.82) is 0 Å². The molecule has 0 aliphatic carbocycles. The molecule has 0 aliphatic rings. The Morgan fingerprint density at radius 2 is 1.58 bits per heavy atom. The highest BCUT2D eigenvalue weighted by Gasteiger charge is 2.32. The number of halogens is 3. The van der Waals surface area contributed by atoms with Gasteiger partial charge in [0.05, 0.1) is 16.9 Å². The van der Waals surface area contributed by atoms with Crippen LogP contribution in [0.5, 0.6) is 0 Å². The number of carbonyl (C=O) groups excluding carboxylic acids is 2. The highest BCUT2D eigenvalue weighted by atomic mass is 19.4. The lowest BCUT2D eigenvalue weighted by molar-refractivity contribution is -0.141. The van der Waals surface area contributed by atoms with Gasteiger partial charge in [-0.3, -0.25) is 24.0 Å². The van der Waals surface area contributed by atoms with Gasteiger partial charge in [-0.15, -0.1) is 0 Å². The van der Waals surface area contributed by atoms with E-state index in [0.717, 1.165) is 12.3 Å². The van der Waals surface area contributed by atoms with Crippen LogP contribution in [-0.2, 0) is 13.2 Å². The number of rotatable bonds is 5. The zero-order valence-corrected chi connectivity index (χ0v) is 19.1. The van der Waals surface area contributed by atoms with Crippen LogP contribution in [0, 0.1) is 6.92 Å². The van der Waals surface area contributed by atoms with Crippen molar-refractivity contribution < 1.29 is 22.8 Å². The lowest BCUT2D eigenvalue weighted by Crippen LogP contribution is -2.23. The SMILES string of the molecule is Cc1c(NC(=O)c2cccc(NC(=O)c3ccc(C(F)(F)F)nc3)c2)c(=O)n(-c2ccccc2)n1C. The van der Waals surface area contributed by atoms with E-state index in [1.165, 1.54) is 28.9 Å². The quantitative estimate of drug-likeness (QED) is 0.429. The molecular formula is C25H20F3N5O3. The van der Waals surface area contributed by atoms with Crippen molar-refractivity contribution in [3.63, 3.8) is 0 Å². The number of hydrogen-bond acceptors (Lipinski definition) is 4. The van der Waals surface area contributed by atoms with Crippen molar-refractivity contribution in [2.24, 2.45) is 7.05 Å². The third kappa shape index (κ3) is 4.90. The van der Waals surface area contributed by atoms with E-state index in [4.69, 9.17) is 0 Å². The van der Waals surface area contributed by atoms with Crippen LogP contribution in [-0.4, -0.2) is 26.2 Å². The summed E-state index contributed by atoms with van der Waals surface area (Å²) in [5.41, 5.74) is 0.0729. The second kappa shape index (κ2) is 9.53. The second-order valence-corrected chi connectivity index (χ2v) is 7.86. The smallest absolute Gasteiger partial charge is 0.322 e. The van der Waals surface area contributed by atoms with Gasteiger partial charge in [0, 0.05) is 24.5 Å². The fourth-order valence-electron chi connectivity index (χ4n) is 3.54. The Morgan fingerprint density at radius 3 is 2.22 bits per heavy atom. The molecule has 0 saturated carbocycles. The predicted molar refractivity (Wildman–Crippen MR) is 127 cm³/mol. The Morgan fingerprint density at radius 1 is 0.889 bits per heavy atom. The molecule has 2 heterocycles. The number of pyridine rings is 1. The first kappa shape index (κ1) is 24.5. The Kier molecular flexibility index (Phi) is 6.47. The van der Waals surface area contributed by atoms with Gasteiger partial charge in [-0.25, -0.2) is 4.68 Å². The molecule has 0 fully saturated rings. The molecule has 2 amide bonds. The lowest BCUT2D eigenvalue weighted by atomic mass is 10.1. The Bertz CT molecular complexity index is 1490. The molecule has 11 heteroatoms. The Labute approximate surface area is 203 Å². The molecule has 0 saturated heterocycles. The van der Waals surface area contributed by atoms with Gasteiger partial charge in [-0.1, -0.05) is 24.3 Å². The van der Waals surface area contributed by atoms with Crippen LogP contribution >= 0.6 is 0 Å². The zero-order chi connectivity index (χ0) is 26.0. The largest absolute Gasteiger partial charge is 0.433 e. The molecule has 4 aromatic rings. The average molecular weight is 495 g/mol. The molecule has 2 aromatic heterocycles. The maximum absolute atomic E-state index is 13.0. The molecule has 184 valence electrons. The van der Waals surface area contributed by atoms with Gasteiger partial charge in [0.15, 0.2) is 0 Å². The molecule has 0 bridgehead atoms. The van der Waals surface area contributed by atoms with E-state index in [1.807, 2.05) is 6.07 Å². The number of alkyl halides is 3. The number of benzene rings is 2. The summed E-state index contributed by atoms with van der Waals surface area (Å²) in [6, 6.07) is 16.6. The van der Waals surface area contributed by atoms with Crippen molar-refractivity contribution in [2.45, 2.75) is 13.1 Å². The van der Waals surface area contributed by atoms with Gasteiger partial charge in [0.2, 0.25) is 0 Å². The number of hydrogen-bond donors (Lipinski definition) is 2. The van der Waals surface area contributed by atoms with Gasteiger partial charge in [-0.2, -0.15) is 13.2 Å². The van der Waals surface area contributed by atoms with Crippen molar-refractivity contribution in [1.82, 2.24) is 14.3 Å². The molecule has 36 heavy (non-hydrogen) atoms. The minimum absolute atomic E-state index is 0.0840. The first-order chi connectivity index (χ1) is 17.1. The normalized spacial score (nSPS) is 11.2. The van der Waals surface area contributed by atoms with Crippen molar-refractivity contribution in [3.8, 4) is 5.69 Å². The molecule has 0 radical (unpaired) electrons. The van der Waals surface area contributed by atoms with E-state index >= 15 is 0 Å². The maximum atomic E-state index is 13.0. The fraction of sp³-hybridized carbons (Fsp3) is 0.120. The van der Waals surface area contributed by atoms with Crippen LogP contribution in [0.2, 0.25) is 0 Å². The van der Waals surface area contributed by atoms with E-state index in [2.05, 4.69) is 15.6 Å². The predicted octanol–water partition coefficient (Wildman–Crippen LogP) is 4.40. The van der Waals surface area contributed by atoms with Gasteiger partial charge in [0.1, 0.15) is 11.4 Å². The number of aromatic nitrogens is 3. The first-order valence-corrected chi connectivity index (χ1v) is 10.7. The van der Waals surface area contributed by atoms with Crippen LogP contribution in [0.4, 0.5) is 24.5 Å². The van der Waals surface area contributed by atoms with Crippen LogP contribution in [0.15, 0.2) is 77.7 Å². The minimum atomic E-state index is -4.61. The maximum Gasteiger partial charge on any atom is 0.433 e. The summed E-state index contributed by atoms with van der Waals surface area (Å²) >= 11 is 0. The number of nitrogens with zero attached hydrogens (tertiary/aromatic N) is 3. The Balaban J connectivity index is 1.52. The van der Waals surface area contributed by atoms with Crippen LogP contribution in [0.1, 0.15) is 32.1 Å². The zero-order valence-electron chi connectivity index (χ0n) is 19.1. The monoisotopic (exact) mass is 495 g/mol. The Hall–Kier alpha value is -4.67. The minimum Gasteiger partial charge on any atom is -0.322 e. The molecule has 2 N–H and O–H groups in total. The van der Waals surface area contributed by atoms with Gasteiger partial charge < -0.3 is 10.6 Å². The van der Waals surface area contributed by atoms with Crippen molar-refractivity contribution in [3.05, 3.63) is 106 Å². The summed E-state index contributed by atoms with van der Waals surface area (Å²) in [6.07, 6.45) is -3.79. The van der Waals surface area contributed by atoms with Crippen molar-refractivity contribution >= 4 is 23.2 Å². The first-order valence-electron chi connectivity index (χ1n) is 10.7. The second-order valence-electron chi connectivity index (χ2n) is 7.86. The van der Waals surface area contributed by atoms with E-state index in [9.17, 15) is 27.6 Å². The summed E-state index contributed by atoms with van der Waals surface area (Å²) in [6.45, 7) is 1.70. The van der Waals surface area contributed by atoms with E-state index in [0.29, 0.717) is 17.4 Å². The van der Waals surface area contributed by atoms with Crippen LogP contribution in [0.25, 0.3) is 5.69 Å². The van der Waals surface area contributed by atoms with E-state index in [-0.39, 0.29) is 22.5 Å². The highest BCUT2D eigenvalue weighted by Crippen LogP contribution is 2.27. The van der Waals surface area contributed by atoms with Gasteiger partial charge >= 0.3 is 6.18 Å². The summed E-state index contributed by atoms with van der Waals surface area (Å²) < 4.78 is 41.1. The molecule has 0 spiro atoms. The number of nitrogens with one attached hydrogen (secondary N) is 2. The lowest BCUT2D eigenvalue weighted by Gasteiger charge is -2.09. The van der Waals surface area contributed by atoms with Crippen LogP contribution in [0.3, 0.4) is 0 Å². The molecule has 0 aliphatic heterocycles. The standard InChI is InChI=1S/C25H20F3N5O3/c1-15-21(24(36)33(32(15)2)19-9-4-3-5-10-19)31-22(34)16-7-6-8-18(13-16)30-23(35)17-11-12-20(29-14-17)25(26,27)28/h3-14H,1-2H3,(H,30,35)(H,31,34). The summed E-state index contributed by atoms with van der Waals surface area (Å²) in [7, 11) is 1.70. The third-order valence-electron chi connectivity index (χ3n) is 5.49. The number of amides is 2. The van der Waals surface area contributed by atoms with E-state index in [1.54, 1.807) is 42.9 Å². The molecule has 0 atom stereocenters. The van der Waals surface area contributed by atoms with Crippen LogP contribution < -0.4 is 16.2 Å². The van der Waals surface area contributed by atoms with Gasteiger partial charge in [-0.05, 0) is 49.4 Å². The number of para-hydroxylation sites is 1. The third-order valence-corrected chi connectivity index (χ3v) is 5.49. The molecule has 0 unspecified atom stereocenters. The van der Waals surface area contributed by atoms with Gasteiger partial charge in [0.25, 0.3) is 17.4 Å². The average Bonchev–Trinajstić information content (AvgIpc) is 3.07. The summed E-state index contributed by atoms with van der Waals surface area (Å²) in [5.74, 6) is -1.27. The fourth-order valence-corrected chi connectivity index (χ4v) is 3.54. The van der Waals surface area contributed by atoms with E-state index < -0.39 is 29.2 Å². The highest BCUT2D eigenvalue weighted by molar-refractivity contribution is 6.07. The number of carbonyl (C=O) groups is 2. The summed E-state index contributed by atoms with van der Waals surface area (Å²) in [4.78, 5) is 41.6. The number of anilines is 2. The molecule has 8 nitrogen and oxygen atoms in total.